The summed E-state index contributed by atoms with van der Waals surface area (Å²) in [6, 6.07) is 12.3. The molecular formula is C20H23N3O4. The smallest absolute Gasteiger partial charge is 0.336 e. The van der Waals surface area contributed by atoms with Crippen LogP contribution in [-0.2, 0) is 6.54 Å². The Kier molecular flexibility index (Phi) is 5.80. The fourth-order valence-corrected chi connectivity index (χ4v) is 2.70. The molecule has 0 unspecified atom stereocenters. The van der Waals surface area contributed by atoms with Crippen molar-refractivity contribution < 1.29 is 19.1 Å². The Morgan fingerprint density at radius 1 is 1.00 bits per heavy atom. The van der Waals surface area contributed by atoms with Crippen LogP contribution in [0.5, 0.6) is 11.5 Å². The summed E-state index contributed by atoms with van der Waals surface area (Å²) in [5.74, 6) is 1.03. The lowest BCUT2D eigenvalue weighted by atomic mass is 10.1. The molecule has 0 atom stereocenters. The molecule has 7 heteroatoms. The number of benzene rings is 2. The fraction of sp³-hybridized carbons (Fsp3) is 0.300. The molecule has 0 aliphatic carbocycles. The second kappa shape index (κ2) is 8.44. The molecule has 3 rings (SSSR count). The molecule has 2 N–H and O–H groups in total. The van der Waals surface area contributed by atoms with Crippen LogP contribution in [0, 0.1) is 6.92 Å². The van der Waals surface area contributed by atoms with E-state index < -0.39 is 0 Å². The van der Waals surface area contributed by atoms with Crippen LogP contribution in [0.2, 0.25) is 0 Å². The topological polar surface area (TPSA) is 79.9 Å². The van der Waals surface area contributed by atoms with Crippen LogP contribution in [0.15, 0.2) is 42.5 Å². The fourth-order valence-electron chi connectivity index (χ4n) is 2.70. The monoisotopic (exact) mass is 369 g/mol. The Labute approximate surface area is 158 Å². The van der Waals surface area contributed by atoms with Crippen molar-refractivity contribution in [1.82, 2.24) is 15.8 Å². The molecule has 1 heterocycles. The molecule has 27 heavy (non-hydrogen) atoms. The summed E-state index contributed by atoms with van der Waals surface area (Å²) >= 11 is 0. The molecule has 2 aromatic rings. The molecule has 1 aliphatic rings. The van der Waals surface area contributed by atoms with Crippen LogP contribution in [-0.4, -0.2) is 36.6 Å². The van der Waals surface area contributed by atoms with Gasteiger partial charge in [-0.1, -0.05) is 23.8 Å². The van der Waals surface area contributed by atoms with Gasteiger partial charge in [0.2, 0.25) is 0 Å². The molecule has 0 saturated heterocycles. The van der Waals surface area contributed by atoms with Gasteiger partial charge in [0.05, 0.1) is 0 Å². The largest absolute Gasteiger partial charge is 0.486 e. The Bertz CT molecular complexity index is 820. The zero-order chi connectivity index (χ0) is 19.2. The number of rotatable bonds is 4. The first-order valence-corrected chi connectivity index (χ1v) is 8.87. The SMILES string of the molecule is CCN(Cc1ccc2c(c1)OCCO2)C(=O)NNC(=O)c1ccc(C)cc1. The van der Waals surface area contributed by atoms with Crippen LogP contribution in [0.3, 0.4) is 0 Å². The van der Waals surface area contributed by atoms with Crippen molar-refractivity contribution >= 4 is 11.9 Å². The Hall–Kier alpha value is -3.22. The van der Waals surface area contributed by atoms with Crippen molar-refractivity contribution in [3.05, 3.63) is 59.2 Å². The van der Waals surface area contributed by atoms with Gasteiger partial charge in [0, 0.05) is 18.7 Å². The van der Waals surface area contributed by atoms with Crippen molar-refractivity contribution in [2.24, 2.45) is 0 Å². The zero-order valence-corrected chi connectivity index (χ0v) is 15.5. The van der Waals surface area contributed by atoms with Crippen molar-refractivity contribution in [2.75, 3.05) is 19.8 Å². The van der Waals surface area contributed by atoms with Gasteiger partial charge in [-0.3, -0.25) is 10.2 Å². The summed E-state index contributed by atoms with van der Waals surface area (Å²) < 4.78 is 11.1. The minimum absolute atomic E-state index is 0.362. The van der Waals surface area contributed by atoms with E-state index in [1.54, 1.807) is 17.0 Å². The number of hydrogen-bond donors (Lipinski definition) is 2. The summed E-state index contributed by atoms with van der Waals surface area (Å²) in [7, 11) is 0. The van der Waals surface area contributed by atoms with Gasteiger partial charge in [0.15, 0.2) is 11.5 Å². The maximum atomic E-state index is 12.4. The van der Waals surface area contributed by atoms with Crippen LogP contribution in [0.1, 0.15) is 28.4 Å². The predicted molar refractivity (Wildman–Crippen MR) is 101 cm³/mol. The van der Waals surface area contributed by atoms with Crippen LogP contribution in [0.25, 0.3) is 0 Å². The van der Waals surface area contributed by atoms with E-state index in [0.29, 0.717) is 43.4 Å². The van der Waals surface area contributed by atoms with Crippen molar-refractivity contribution in [1.29, 1.82) is 0 Å². The number of carbonyl (C=O) groups is 2. The highest BCUT2D eigenvalue weighted by Crippen LogP contribution is 2.31. The number of hydrogen-bond acceptors (Lipinski definition) is 4. The molecular weight excluding hydrogens is 346 g/mol. The first kappa shape index (κ1) is 18.6. The van der Waals surface area contributed by atoms with E-state index in [4.69, 9.17) is 9.47 Å². The summed E-state index contributed by atoms with van der Waals surface area (Å²) in [6.07, 6.45) is 0. The Balaban J connectivity index is 1.57. The van der Waals surface area contributed by atoms with Gasteiger partial charge in [-0.05, 0) is 43.7 Å². The highest BCUT2D eigenvalue weighted by atomic mass is 16.6. The molecule has 2 aromatic carbocycles. The number of aryl methyl sites for hydroxylation is 1. The van der Waals surface area contributed by atoms with Crippen LogP contribution < -0.4 is 20.3 Å². The van der Waals surface area contributed by atoms with Crippen molar-refractivity contribution in [3.63, 3.8) is 0 Å². The maximum absolute atomic E-state index is 12.4. The van der Waals surface area contributed by atoms with E-state index in [-0.39, 0.29) is 11.9 Å². The number of ether oxygens (including phenoxy) is 2. The lowest BCUT2D eigenvalue weighted by molar-refractivity contribution is 0.0929. The van der Waals surface area contributed by atoms with Gasteiger partial charge in [-0.2, -0.15) is 0 Å². The predicted octanol–water partition coefficient (Wildman–Crippen LogP) is 2.64. The Morgan fingerprint density at radius 2 is 1.70 bits per heavy atom. The number of carbonyl (C=O) groups excluding carboxylic acids is 2. The average Bonchev–Trinajstić information content (AvgIpc) is 2.70. The van der Waals surface area contributed by atoms with Gasteiger partial charge in [-0.15, -0.1) is 0 Å². The highest BCUT2D eigenvalue weighted by Gasteiger charge is 2.16. The standard InChI is InChI=1S/C20H23N3O4/c1-3-23(13-15-6-9-17-18(12-15)27-11-10-26-17)20(25)22-21-19(24)16-7-4-14(2)5-8-16/h4-9,12H,3,10-11,13H2,1-2H3,(H,21,24)(H,22,25). The molecule has 0 radical (unpaired) electrons. The van der Waals surface area contributed by atoms with Gasteiger partial charge in [0.1, 0.15) is 13.2 Å². The summed E-state index contributed by atoms with van der Waals surface area (Å²) in [5, 5.41) is 0. The molecule has 7 nitrogen and oxygen atoms in total. The number of hydrazine groups is 1. The third kappa shape index (κ3) is 4.69. The second-order valence-electron chi connectivity index (χ2n) is 6.24. The zero-order valence-electron chi connectivity index (χ0n) is 15.5. The first-order chi connectivity index (χ1) is 13.1. The molecule has 3 amide bonds. The lowest BCUT2D eigenvalue weighted by Gasteiger charge is -2.23. The third-order valence-corrected chi connectivity index (χ3v) is 4.25. The minimum Gasteiger partial charge on any atom is -0.486 e. The highest BCUT2D eigenvalue weighted by molar-refractivity contribution is 5.95. The molecule has 0 aromatic heterocycles. The van der Waals surface area contributed by atoms with E-state index in [9.17, 15) is 9.59 Å². The summed E-state index contributed by atoms with van der Waals surface area (Å²) in [5.41, 5.74) is 7.37. The summed E-state index contributed by atoms with van der Waals surface area (Å²) in [6.45, 7) is 5.75. The molecule has 142 valence electrons. The number of fused-ring (bicyclic) bond motifs is 1. The quantitative estimate of drug-likeness (QED) is 0.812. The average molecular weight is 369 g/mol. The van der Waals surface area contributed by atoms with Crippen LogP contribution >= 0.6 is 0 Å². The van der Waals surface area contributed by atoms with E-state index >= 15 is 0 Å². The van der Waals surface area contributed by atoms with Gasteiger partial charge >= 0.3 is 6.03 Å². The summed E-state index contributed by atoms with van der Waals surface area (Å²) in [4.78, 5) is 26.1. The van der Waals surface area contributed by atoms with E-state index in [1.165, 1.54) is 0 Å². The van der Waals surface area contributed by atoms with E-state index in [0.717, 1.165) is 11.1 Å². The van der Waals surface area contributed by atoms with Crippen LogP contribution in [0.4, 0.5) is 4.79 Å². The molecule has 0 bridgehead atoms. The van der Waals surface area contributed by atoms with Gasteiger partial charge in [-0.25, -0.2) is 10.2 Å². The van der Waals surface area contributed by atoms with Crippen molar-refractivity contribution in [2.45, 2.75) is 20.4 Å². The third-order valence-electron chi connectivity index (χ3n) is 4.25. The molecule has 0 spiro atoms. The van der Waals surface area contributed by atoms with Gasteiger partial charge < -0.3 is 14.4 Å². The number of urea groups is 1. The molecule has 0 saturated carbocycles. The number of amides is 3. The number of nitrogens with one attached hydrogen (secondary N) is 2. The molecule has 0 fully saturated rings. The van der Waals surface area contributed by atoms with E-state index in [1.807, 2.05) is 44.2 Å². The minimum atomic E-state index is -0.382. The van der Waals surface area contributed by atoms with Crippen molar-refractivity contribution in [3.8, 4) is 11.5 Å². The normalized spacial score (nSPS) is 12.2. The lowest BCUT2D eigenvalue weighted by Crippen LogP contribution is -2.48. The van der Waals surface area contributed by atoms with E-state index in [2.05, 4.69) is 10.9 Å². The van der Waals surface area contributed by atoms with Gasteiger partial charge in [0.25, 0.3) is 5.91 Å². The second-order valence-corrected chi connectivity index (χ2v) is 6.24. The number of nitrogens with zero attached hydrogens (tertiary/aromatic N) is 1. The first-order valence-electron chi connectivity index (χ1n) is 8.87. The maximum Gasteiger partial charge on any atom is 0.336 e. The molecule has 1 aliphatic heterocycles. The Morgan fingerprint density at radius 3 is 2.41 bits per heavy atom.